The molecule has 0 unspecified atom stereocenters. The summed E-state index contributed by atoms with van der Waals surface area (Å²) in [5.41, 5.74) is 1.95. The van der Waals surface area contributed by atoms with Crippen LogP contribution in [0.4, 0.5) is 0 Å². The van der Waals surface area contributed by atoms with E-state index < -0.39 is 0 Å². The Bertz CT molecular complexity index is 450. The van der Waals surface area contributed by atoms with Crippen LogP contribution in [0.3, 0.4) is 0 Å². The number of aryl methyl sites for hydroxylation is 1. The summed E-state index contributed by atoms with van der Waals surface area (Å²) >= 11 is 2.26. The largest absolute Gasteiger partial charge is 0.351 e. The van der Waals surface area contributed by atoms with Crippen molar-refractivity contribution in [1.82, 2.24) is 15.5 Å². The summed E-state index contributed by atoms with van der Waals surface area (Å²) in [5.74, 6) is 0.0213. The van der Waals surface area contributed by atoms with Gasteiger partial charge in [0.1, 0.15) is 0 Å². The van der Waals surface area contributed by atoms with Crippen LogP contribution in [-0.4, -0.2) is 50.1 Å². The number of nitrogens with zero attached hydrogens (tertiary/aromatic N) is 1. The van der Waals surface area contributed by atoms with Crippen molar-refractivity contribution in [1.29, 1.82) is 0 Å². The minimum absolute atomic E-state index is 0. The standard InChI is InChI=1S/C14H20IN3O.ClH/c1-11-2-3-12(10-13(11)15)14(19)17-6-9-18-7-4-16-5-8-18;/h2-3,10,16H,4-9H2,1H3,(H,17,19);1H. The van der Waals surface area contributed by atoms with Crippen LogP contribution in [0.15, 0.2) is 18.2 Å². The van der Waals surface area contributed by atoms with E-state index in [0.29, 0.717) is 6.54 Å². The lowest BCUT2D eigenvalue weighted by Crippen LogP contribution is -2.46. The van der Waals surface area contributed by atoms with Crippen LogP contribution in [0.2, 0.25) is 0 Å². The first-order valence-corrected chi connectivity index (χ1v) is 7.72. The van der Waals surface area contributed by atoms with E-state index in [1.807, 2.05) is 25.1 Å². The summed E-state index contributed by atoms with van der Waals surface area (Å²) in [7, 11) is 0. The van der Waals surface area contributed by atoms with E-state index in [2.05, 4.69) is 38.1 Å². The molecule has 1 aromatic carbocycles. The second-order valence-corrected chi connectivity index (χ2v) is 5.97. The van der Waals surface area contributed by atoms with Gasteiger partial charge in [-0.05, 0) is 47.2 Å². The summed E-state index contributed by atoms with van der Waals surface area (Å²) < 4.78 is 1.13. The molecule has 1 aliphatic heterocycles. The number of benzene rings is 1. The second-order valence-electron chi connectivity index (χ2n) is 4.81. The molecule has 0 saturated carbocycles. The first-order chi connectivity index (χ1) is 9.16. The molecule has 0 bridgehead atoms. The zero-order chi connectivity index (χ0) is 13.7. The van der Waals surface area contributed by atoms with E-state index in [1.165, 1.54) is 5.56 Å². The smallest absolute Gasteiger partial charge is 0.251 e. The highest BCUT2D eigenvalue weighted by molar-refractivity contribution is 14.1. The van der Waals surface area contributed by atoms with Gasteiger partial charge in [0.05, 0.1) is 0 Å². The number of carbonyl (C=O) groups is 1. The summed E-state index contributed by atoms with van der Waals surface area (Å²) in [6.07, 6.45) is 0. The average Bonchev–Trinajstić information content (AvgIpc) is 2.43. The van der Waals surface area contributed by atoms with E-state index >= 15 is 0 Å². The molecule has 1 aliphatic rings. The van der Waals surface area contributed by atoms with Crippen LogP contribution < -0.4 is 10.6 Å². The number of hydrogen-bond acceptors (Lipinski definition) is 3. The number of halogens is 2. The molecule has 2 rings (SSSR count). The van der Waals surface area contributed by atoms with Gasteiger partial charge in [-0.1, -0.05) is 6.07 Å². The number of carbonyl (C=O) groups excluding carboxylic acids is 1. The fourth-order valence-corrected chi connectivity index (χ4v) is 2.61. The summed E-state index contributed by atoms with van der Waals surface area (Å²) in [5, 5.41) is 6.31. The number of amides is 1. The predicted molar refractivity (Wildman–Crippen MR) is 92.8 cm³/mol. The molecule has 0 spiro atoms. The quantitative estimate of drug-likeness (QED) is 0.744. The molecule has 1 amide bonds. The highest BCUT2D eigenvalue weighted by Crippen LogP contribution is 2.13. The summed E-state index contributed by atoms with van der Waals surface area (Å²) in [4.78, 5) is 14.4. The molecule has 0 radical (unpaired) electrons. The van der Waals surface area contributed by atoms with Crippen LogP contribution in [0.5, 0.6) is 0 Å². The Labute approximate surface area is 140 Å². The van der Waals surface area contributed by atoms with Crippen molar-refractivity contribution in [2.75, 3.05) is 39.3 Å². The first-order valence-electron chi connectivity index (χ1n) is 6.64. The molecule has 1 saturated heterocycles. The zero-order valence-corrected chi connectivity index (χ0v) is 14.6. The van der Waals surface area contributed by atoms with Crippen molar-refractivity contribution < 1.29 is 4.79 Å². The topological polar surface area (TPSA) is 44.4 Å². The van der Waals surface area contributed by atoms with Gasteiger partial charge in [0.2, 0.25) is 0 Å². The molecule has 0 aliphatic carbocycles. The third kappa shape index (κ3) is 5.20. The SMILES string of the molecule is Cc1ccc(C(=O)NCCN2CCNCC2)cc1I.Cl. The summed E-state index contributed by atoms with van der Waals surface area (Å²) in [6, 6.07) is 5.82. The highest BCUT2D eigenvalue weighted by Gasteiger charge is 2.10. The van der Waals surface area contributed by atoms with Crippen molar-refractivity contribution in [3.05, 3.63) is 32.9 Å². The monoisotopic (exact) mass is 409 g/mol. The Hall–Kier alpha value is -0.370. The lowest BCUT2D eigenvalue weighted by atomic mass is 10.1. The third-order valence-electron chi connectivity index (χ3n) is 3.36. The minimum atomic E-state index is 0. The van der Waals surface area contributed by atoms with Gasteiger partial charge >= 0.3 is 0 Å². The molecule has 112 valence electrons. The molecule has 6 heteroatoms. The molecule has 0 aromatic heterocycles. The third-order valence-corrected chi connectivity index (χ3v) is 4.52. The van der Waals surface area contributed by atoms with Gasteiger partial charge in [-0.3, -0.25) is 9.69 Å². The molecule has 1 fully saturated rings. The number of rotatable bonds is 4. The van der Waals surface area contributed by atoms with Gasteiger partial charge in [0.25, 0.3) is 5.91 Å². The summed E-state index contributed by atoms with van der Waals surface area (Å²) in [6.45, 7) is 7.92. The van der Waals surface area contributed by atoms with E-state index in [0.717, 1.165) is 41.9 Å². The van der Waals surface area contributed by atoms with Gasteiger partial charge in [0.15, 0.2) is 0 Å². The molecule has 20 heavy (non-hydrogen) atoms. The fraction of sp³-hybridized carbons (Fsp3) is 0.500. The van der Waals surface area contributed by atoms with Gasteiger partial charge in [-0.15, -0.1) is 12.4 Å². The Morgan fingerprint density at radius 1 is 1.40 bits per heavy atom. The molecule has 0 atom stereocenters. The zero-order valence-electron chi connectivity index (χ0n) is 11.6. The van der Waals surface area contributed by atoms with E-state index in [4.69, 9.17) is 0 Å². The van der Waals surface area contributed by atoms with Crippen molar-refractivity contribution in [3.8, 4) is 0 Å². The predicted octanol–water partition coefficient (Wildman–Crippen LogP) is 1.66. The van der Waals surface area contributed by atoms with Crippen LogP contribution in [-0.2, 0) is 0 Å². The fourth-order valence-electron chi connectivity index (χ4n) is 2.10. The number of nitrogens with one attached hydrogen (secondary N) is 2. The maximum absolute atomic E-state index is 12.0. The Kier molecular flexibility index (Phi) is 7.79. The molecular weight excluding hydrogens is 389 g/mol. The van der Waals surface area contributed by atoms with Gasteiger partial charge in [0, 0.05) is 48.4 Å². The molecular formula is C14H21ClIN3O. The van der Waals surface area contributed by atoms with Gasteiger partial charge in [-0.2, -0.15) is 0 Å². The van der Waals surface area contributed by atoms with E-state index in [1.54, 1.807) is 0 Å². The van der Waals surface area contributed by atoms with Crippen molar-refractivity contribution >= 4 is 40.9 Å². The van der Waals surface area contributed by atoms with Gasteiger partial charge in [-0.25, -0.2) is 0 Å². The lowest BCUT2D eigenvalue weighted by Gasteiger charge is -2.27. The Balaban J connectivity index is 0.00000200. The van der Waals surface area contributed by atoms with E-state index in [9.17, 15) is 4.79 Å². The van der Waals surface area contributed by atoms with Crippen LogP contribution in [0, 0.1) is 10.5 Å². The molecule has 4 nitrogen and oxygen atoms in total. The highest BCUT2D eigenvalue weighted by atomic mass is 127. The molecule has 2 N–H and O–H groups in total. The van der Waals surface area contributed by atoms with Crippen LogP contribution >= 0.6 is 35.0 Å². The van der Waals surface area contributed by atoms with Crippen LogP contribution in [0.25, 0.3) is 0 Å². The van der Waals surface area contributed by atoms with Gasteiger partial charge < -0.3 is 10.6 Å². The average molecular weight is 410 g/mol. The normalized spacial score (nSPS) is 15.5. The number of hydrogen-bond donors (Lipinski definition) is 2. The number of piperazine rings is 1. The minimum Gasteiger partial charge on any atom is -0.351 e. The van der Waals surface area contributed by atoms with Crippen molar-refractivity contribution in [3.63, 3.8) is 0 Å². The van der Waals surface area contributed by atoms with E-state index in [-0.39, 0.29) is 18.3 Å². The molecule has 1 heterocycles. The van der Waals surface area contributed by atoms with Crippen LogP contribution in [0.1, 0.15) is 15.9 Å². The lowest BCUT2D eigenvalue weighted by molar-refractivity contribution is 0.0947. The van der Waals surface area contributed by atoms with Crippen molar-refractivity contribution in [2.24, 2.45) is 0 Å². The second kappa shape index (κ2) is 8.81. The maximum atomic E-state index is 12.0. The Morgan fingerprint density at radius 2 is 2.10 bits per heavy atom. The van der Waals surface area contributed by atoms with Crippen molar-refractivity contribution in [2.45, 2.75) is 6.92 Å². The Morgan fingerprint density at radius 3 is 2.75 bits per heavy atom. The first kappa shape index (κ1) is 17.7. The maximum Gasteiger partial charge on any atom is 0.251 e. The molecule has 1 aromatic rings.